The third-order valence-electron chi connectivity index (χ3n) is 2.61. The van der Waals surface area contributed by atoms with Crippen molar-refractivity contribution in [2.45, 2.75) is 38.6 Å². The molecular weight excluding hydrogens is 166 g/mol. The van der Waals surface area contributed by atoms with Gasteiger partial charge in [-0.3, -0.25) is 0 Å². The molecule has 0 aliphatic heterocycles. The normalized spacial score (nSPS) is 21.8. The Morgan fingerprint density at radius 2 is 2.33 bits per heavy atom. The highest BCUT2D eigenvalue weighted by atomic mass is 32.1. The van der Waals surface area contributed by atoms with E-state index in [0.29, 0.717) is 12.0 Å². The first-order valence-corrected chi connectivity index (χ1v) is 5.44. The second kappa shape index (κ2) is 2.86. The summed E-state index contributed by atoms with van der Waals surface area (Å²) >= 11 is 1.89. The van der Waals surface area contributed by atoms with Crippen molar-refractivity contribution in [3.63, 3.8) is 0 Å². The topological polar surface area (TPSA) is 26.0 Å². The summed E-state index contributed by atoms with van der Waals surface area (Å²) in [5.74, 6) is 0.633. The van der Waals surface area contributed by atoms with E-state index in [1.807, 2.05) is 11.3 Å². The quantitative estimate of drug-likeness (QED) is 0.708. The molecule has 0 spiro atoms. The SMILES string of the molecule is CC(C)c1csc2c1C(N)CC2. The molecule has 1 unspecified atom stereocenters. The number of thiophene rings is 1. The van der Waals surface area contributed by atoms with Gasteiger partial charge < -0.3 is 5.73 Å². The fraction of sp³-hybridized carbons (Fsp3) is 0.600. The van der Waals surface area contributed by atoms with E-state index < -0.39 is 0 Å². The standard InChI is InChI=1S/C10H15NS/c1-6(2)7-5-12-9-4-3-8(11)10(7)9/h5-6,8H,3-4,11H2,1-2H3. The molecule has 1 atom stereocenters. The molecule has 1 aliphatic carbocycles. The first-order chi connectivity index (χ1) is 5.70. The molecular formula is C10H15NS. The Kier molecular flexibility index (Phi) is 1.97. The van der Waals surface area contributed by atoms with E-state index in [0.717, 1.165) is 6.42 Å². The van der Waals surface area contributed by atoms with Crippen LogP contribution in [0.3, 0.4) is 0 Å². The van der Waals surface area contributed by atoms with Gasteiger partial charge in [0, 0.05) is 10.9 Å². The lowest BCUT2D eigenvalue weighted by molar-refractivity contribution is 0.698. The van der Waals surface area contributed by atoms with Crippen molar-refractivity contribution >= 4 is 11.3 Å². The van der Waals surface area contributed by atoms with Crippen LogP contribution < -0.4 is 5.73 Å². The Hall–Kier alpha value is -0.340. The van der Waals surface area contributed by atoms with Crippen LogP contribution in [0.2, 0.25) is 0 Å². The molecule has 0 aromatic carbocycles. The highest BCUT2D eigenvalue weighted by molar-refractivity contribution is 7.10. The van der Waals surface area contributed by atoms with Gasteiger partial charge in [-0.15, -0.1) is 11.3 Å². The summed E-state index contributed by atoms with van der Waals surface area (Å²) in [6.07, 6.45) is 2.36. The van der Waals surface area contributed by atoms with Gasteiger partial charge in [0.25, 0.3) is 0 Å². The Bertz CT molecular complexity index is 288. The molecule has 2 rings (SSSR count). The summed E-state index contributed by atoms with van der Waals surface area (Å²) in [4.78, 5) is 1.53. The average molecular weight is 181 g/mol. The highest BCUT2D eigenvalue weighted by Gasteiger charge is 2.24. The second-order valence-corrected chi connectivity index (χ2v) is 4.79. The van der Waals surface area contributed by atoms with E-state index in [2.05, 4.69) is 19.2 Å². The van der Waals surface area contributed by atoms with Gasteiger partial charge in [0.2, 0.25) is 0 Å². The first-order valence-electron chi connectivity index (χ1n) is 4.56. The zero-order valence-electron chi connectivity index (χ0n) is 7.63. The van der Waals surface area contributed by atoms with Crippen LogP contribution in [-0.2, 0) is 6.42 Å². The fourth-order valence-corrected chi connectivity index (χ4v) is 3.22. The van der Waals surface area contributed by atoms with Gasteiger partial charge in [-0.2, -0.15) is 0 Å². The van der Waals surface area contributed by atoms with Crippen molar-refractivity contribution in [3.05, 3.63) is 21.4 Å². The maximum absolute atomic E-state index is 6.04. The number of nitrogens with two attached hydrogens (primary N) is 1. The average Bonchev–Trinajstić information content (AvgIpc) is 2.53. The number of aryl methyl sites for hydroxylation is 1. The predicted molar refractivity (Wildman–Crippen MR) is 53.7 cm³/mol. The van der Waals surface area contributed by atoms with Crippen molar-refractivity contribution in [2.75, 3.05) is 0 Å². The van der Waals surface area contributed by atoms with Crippen molar-refractivity contribution in [2.24, 2.45) is 5.73 Å². The van der Waals surface area contributed by atoms with Gasteiger partial charge in [0.05, 0.1) is 0 Å². The molecule has 1 nitrogen and oxygen atoms in total. The molecule has 0 saturated heterocycles. The Morgan fingerprint density at radius 1 is 1.58 bits per heavy atom. The van der Waals surface area contributed by atoms with E-state index in [4.69, 9.17) is 5.73 Å². The van der Waals surface area contributed by atoms with Crippen molar-refractivity contribution in [1.29, 1.82) is 0 Å². The largest absolute Gasteiger partial charge is 0.324 e. The first kappa shape index (κ1) is 8.27. The van der Waals surface area contributed by atoms with Crippen LogP contribution in [0.1, 0.15) is 48.2 Å². The molecule has 0 radical (unpaired) electrons. The van der Waals surface area contributed by atoms with Crippen LogP contribution in [0.25, 0.3) is 0 Å². The zero-order valence-corrected chi connectivity index (χ0v) is 8.45. The maximum Gasteiger partial charge on any atom is 0.0312 e. The predicted octanol–water partition coefficient (Wildman–Crippen LogP) is 2.82. The van der Waals surface area contributed by atoms with E-state index in [1.54, 1.807) is 0 Å². The van der Waals surface area contributed by atoms with E-state index >= 15 is 0 Å². The van der Waals surface area contributed by atoms with Crippen molar-refractivity contribution < 1.29 is 0 Å². The zero-order chi connectivity index (χ0) is 8.72. The third kappa shape index (κ3) is 1.10. The van der Waals surface area contributed by atoms with Gasteiger partial charge in [-0.1, -0.05) is 13.8 Å². The molecule has 1 aromatic rings. The van der Waals surface area contributed by atoms with Crippen molar-refractivity contribution in [1.82, 2.24) is 0 Å². The molecule has 12 heavy (non-hydrogen) atoms. The molecule has 2 heteroatoms. The van der Waals surface area contributed by atoms with Crippen LogP contribution in [0, 0.1) is 0 Å². The minimum absolute atomic E-state index is 0.323. The lowest BCUT2D eigenvalue weighted by Gasteiger charge is -2.09. The molecule has 0 fully saturated rings. The molecule has 2 N–H and O–H groups in total. The molecule has 1 heterocycles. The molecule has 0 bridgehead atoms. The molecule has 0 saturated carbocycles. The molecule has 1 aliphatic rings. The van der Waals surface area contributed by atoms with Crippen LogP contribution in [-0.4, -0.2) is 0 Å². The van der Waals surface area contributed by atoms with Crippen LogP contribution >= 0.6 is 11.3 Å². The third-order valence-corrected chi connectivity index (χ3v) is 3.70. The minimum atomic E-state index is 0.323. The smallest absolute Gasteiger partial charge is 0.0312 e. The summed E-state index contributed by atoms with van der Waals surface area (Å²) in [5.41, 5.74) is 8.99. The second-order valence-electron chi connectivity index (χ2n) is 3.83. The Labute approximate surface area is 77.6 Å². The lowest BCUT2D eigenvalue weighted by atomic mass is 9.99. The van der Waals surface area contributed by atoms with E-state index in [9.17, 15) is 0 Å². The summed E-state index contributed by atoms with van der Waals surface area (Å²) in [7, 11) is 0. The van der Waals surface area contributed by atoms with E-state index in [1.165, 1.54) is 22.4 Å². The number of fused-ring (bicyclic) bond motifs is 1. The monoisotopic (exact) mass is 181 g/mol. The maximum atomic E-state index is 6.04. The number of hydrogen-bond acceptors (Lipinski definition) is 2. The Balaban J connectivity index is 2.46. The van der Waals surface area contributed by atoms with Gasteiger partial charge in [-0.25, -0.2) is 0 Å². The minimum Gasteiger partial charge on any atom is -0.324 e. The van der Waals surface area contributed by atoms with Crippen LogP contribution in [0.4, 0.5) is 0 Å². The van der Waals surface area contributed by atoms with Gasteiger partial charge in [0.15, 0.2) is 0 Å². The molecule has 1 aromatic heterocycles. The summed E-state index contributed by atoms with van der Waals surface area (Å²) < 4.78 is 0. The highest BCUT2D eigenvalue weighted by Crippen LogP contribution is 2.39. The lowest BCUT2D eigenvalue weighted by Crippen LogP contribution is -2.07. The van der Waals surface area contributed by atoms with Gasteiger partial charge in [0.1, 0.15) is 0 Å². The number of hydrogen-bond donors (Lipinski definition) is 1. The van der Waals surface area contributed by atoms with Crippen molar-refractivity contribution in [3.8, 4) is 0 Å². The summed E-state index contributed by atoms with van der Waals surface area (Å²) in [6, 6.07) is 0.323. The summed E-state index contributed by atoms with van der Waals surface area (Å²) in [6.45, 7) is 4.49. The summed E-state index contributed by atoms with van der Waals surface area (Å²) in [5, 5.41) is 2.29. The van der Waals surface area contributed by atoms with Gasteiger partial charge in [-0.05, 0) is 35.3 Å². The van der Waals surface area contributed by atoms with Crippen LogP contribution in [0.5, 0.6) is 0 Å². The van der Waals surface area contributed by atoms with Gasteiger partial charge >= 0.3 is 0 Å². The number of rotatable bonds is 1. The fourth-order valence-electron chi connectivity index (χ4n) is 1.92. The molecule has 66 valence electrons. The molecule has 0 amide bonds. The van der Waals surface area contributed by atoms with Crippen LogP contribution in [0.15, 0.2) is 5.38 Å². The van der Waals surface area contributed by atoms with E-state index in [-0.39, 0.29) is 0 Å². The Morgan fingerprint density at radius 3 is 3.00 bits per heavy atom.